The van der Waals surface area contributed by atoms with Gasteiger partial charge in [-0.2, -0.15) is 0 Å². The molecule has 3 aromatic carbocycles. The van der Waals surface area contributed by atoms with E-state index in [1.165, 1.54) is 37.9 Å². The molecule has 0 bridgehead atoms. The second-order valence-corrected chi connectivity index (χ2v) is 8.52. The Labute approximate surface area is 189 Å². The van der Waals surface area contributed by atoms with E-state index in [1.807, 2.05) is 30.3 Å². The maximum absolute atomic E-state index is 9.66. The van der Waals surface area contributed by atoms with Gasteiger partial charge < -0.3 is 14.3 Å². The van der Waals surface area contributed by atoms with Crippen LogP contribution in [0.5, 0.6) is 11.5 Å². The standard InChI is InChI=1S/C28H29NO3/c30-23-12-10-22(11-13-23)28-26(25-6-2-3-7-27(25)32-28)20-21-8-14-24(15-9-21)31-19-18-29-16-4-1-5-17-29/h2-3,6-15,30H,1,4-5,16-20H2. The molecule has 0 amide bonds. The summed E-state index contributed by atoms with van der Waals surface area (Å²) in [7, 11) is 0. The Morgan fingerprint density at radius 2 is 1.59 bits per heavy atom. The van der Waals surface area contributed by atoms with E-state index >= 15 is 0 Å². The van der Waals surface area contributed by atoms with Gasteiger partial charge in [0.1, 0.15) is 29.4 Å². The molecule has 1 aliphatic rings. The van der Waals surface area contributed by atoms with Gasteiger partial charge in [-0.3, -0.25) is 4.90 Å². The molecule has 1 saturated heterocycles. The van der Waals surface area contributed by atoms with Crippen molar-refractivity contribution in [1.29, 1.82) is 0 Å². The topological polar surface area (TPSA) is 45.8 Å². The van der Waals surface area contributed by atoms with Gasteiger partial charge >= 0.3 is 0 Å². The van der Waals surface area contributed by atoms with E-state index < -0.39 is 0 Å². The van der Waals surface area contributed by atoms with Crippen molar-refractivity contribution in [3.05, 3.63) is 83.9 Å². The molecular formula is C28H29NO3. The summed E-state index contributed by atoms with van der Waals surface area (Å²) in [5, 5.41) is 10.8. The number of phenolic OH excluding ortho intramolecular Hbond substituents is 1. The summed E-state index contributed by atoms with van der Waals surface area (Å²) >= 11 is 0. The summed E-state index contributed by atoms with van der Waals surface area (Å²) in [5.41, 5.74) is 4.21. The van der Waals surface area contributed by atoms with E-state index in [1.54, 1.807) is 12.1 Å². The van der Waals surface area contributed by atoms with Crippen molar-refractivity contribution in [3.63, 3.8) is 0 Å². The van der Waals surface area contributed by atoms with Crippen LogP contribution in [-0.4, -0.2) is 36.2 Å². The summed E-state index contributed by atoms with van der Waals surface area (Å²) in [5.74, 6) is 2.02. The molecular weight excluding hydrogens is 398 g/mol. The summed E-state index contributed by atoms with van der Waals surface area (Å²) in [6, 6.07) is 23.7. The molecule has 1 aromatic heterocycles. The second-order valence-electron chi connectivity index (χ2n) is 8.52. The number of fused-ring (bicyclic) bond motifs is 1. The van der Waals surface area contributed by atoms with Gasteiger partial charge in [0.05, 0.1) is 0 Å². The second kappa shape index (κ2) is 9.49. The first-order chi connectivity index (χ1) is 15.8. The molecule has 5 rings (SSSR count). The van der Waals surface area contributed by atoms with E-state index in [9.17, 15) is 5.11 Å². The van der Waals surface area contributed by atoms with Crippen LogP contribution in [0.2, 0.25) is 0 Å². The monoisotopic (exact) mass is 427 g/mol. The third-order valence-corrected chi connectivity index (χ3v) is 6.26. The van der Waals surface area contributed by atoms with E-state index in [0.717, 1.165) is 53.2 Å². The molecule has 4 heteroatoms. The quantitative estimate of drug-likeness (QED) is 0.378. The van der Waals surface area contributed by atoms with Crippen molar-refractivity contribution in [2.75, 3.05) is 26.2 Å². The van der Waals surface area contributed by atoms with Crippen molar-refractivity contribution in [2.24, 2.45) is 0 Å². The zero-order valence-electron chi connectivity index (χ0n) is 18.3. The average molecular weight is 428 g/mol. The van der Waals surface area contributed by atoms with E-state index in [0.29, 0.717) is 0 Å². The molecule has 1 N–H and O–H groups in total. The van der Waals surface area contributed by atoms with Crippen molar-refractivity contribution in [1.82, 2.24) is 4.90 Å². The molecule has 164 valence electrons. The fraction of sp³-hybridized carbons (Fsp3) is 0.286. The van der Waals surface area contributed by atoms with E-state index in [4.69, 9.17) is 9.15 Å². The molecule has 4 nitrogen and oxygen atoms in total. The molecule has 1 fully saturated rings. The molecule has 0 unspecified atom stereocenters. The molecule has 4 aromatic rings. The molecule has 1 aliphatic heterocycles. The van der Waals surface area contributed by atoms with Gasteiger partial charge in [0, 0.05) is 29.5 Å². The maximum Gasteiger partial charge on any atom is 0.138 e. The average Bonchev–Trinajstić information content (AvgIpc) is 3.20. The highest BCUT2D eigenvalue weighted by atomic mass is 16.5. The number of furan rings is 1. The Bertz CT molecular complexity index is 1160. The molecule has 0 aliphatic carbocycles. The SMILES string of the molecule is Oc1ccc(-c2oc3ccccc3c2Cc2ccc(OCCN3CCCCC3)cc2)cc1. The lowest BCUT2D eigenvalue weighted by Crippen LogP contribution is -2.33. The number of nitrogens with zero attached hydrogens (tertiary/aromatic N) is 1. The Morgan fingerprint density at radius 1 is 0.844 bits per heavy atom. The molecule has 0 atom stereocenters. The Kier molecular flexibility index (Phi) is 6.13. The lowest BCUT2D eigenvalue weighted by molar-refractivity contribution is 0.183. The number of phenols is 1. The van der Waals surface area contributed by atoms with Crippen LogP contribution in [0.3, 0.4) is 0 Å². The van der Waals surface area contributed by atoms with Gasteiger partial charge in [0.15, 0.2) is 0 Å². The lowest BCUT2D eigenvalue weighted by atomic mass is 9.98. The number of piperidine rings is 1. The number of para-hydroxylation sites is 1. The lowest BCUT2D eigenvalue weighted by Gasteiger charge is -2.26. The minimum atomic E-state index is 0.252. The van der Waals surface area contributed by atoms with Crippen LogP contribution in [0.25, 0.3) is 22.3 Å². The van der Waals surface area contributed by atoms with Crippen molar-refractivity contribution >= 4 is 11.0 Å². The predicted octanol–water partition coefficient (Wildman–Crippen LogP) is 6.26. The zero-order chi connectivity index (χ0) is 21.8. The number of likely N-dealkylation sites (tertiary alicyclic amines) is 1. The van der Waals surface area contributed by atoms with Crippen LogP contribution < -0.4 is 4.74 Å². The van der Waals surface area contributed by atoms with Crippen LogP contribution in [0, 0.1) is 0 Å². The Balaban J connectivity index is 1.31. The minimum absolute atomic E-state index is 0.252. The van der Waals surface area contributed by atoms with Crippen molar-refractivity contribution in [3.8, 4) is 22.8 Å². The smallest absolute Gasteiger partial charge is 0.138 e. The zero-order valence-corrected chi connectivity index (χ0v) is 18.3. The first-order valence-corrected chi connectivity index (χ1v) is 11.5. The van der Waals surface area contributed by atoms with Crippen molar-refractivity contribution < 1.29 is 14.3 Å². The van der Waals surface area contributed by atoms with Gasteiger partial charge in [-0.1, -0.05) is 36.8 Å². The third-order valence-electron chi connectivity index (χ3n) is 6.26. The molecule has 0 spiro atoms. The normalized spacial score (nSPS) is 14.6. The minimum Gasteiger partial charge on any atom is -0.508 e. The highest BCUT2D eigenvalue weighted by Crippen LogP contribution is 2.35. The van der Waals surface area contributed by atoms with E-state index in [2.05, 4.69) is 35.2 Å². The summed E-state index contributed by atoms with van der Waals surface area (Å²) in [6.45, 7) is 4.13. The summed E-state index contributed by atoms with van der Waals surface area (Å²) in [4.78, 5) is 2.49. The van der Waals surface area contributed by atoms with Gasteiger partial charge in [-0.15, -0.1) is 0 Å². The number of aromatic hydroxyl groups is 1. The highest BCUT2D eigenvalue weighted by Gasteiger charge is 2.16. The first-order valence-electron chi connectivity index (χ1n) is 11.5. The largest absolute Gasteiger partial charge is 0.508 e. The van der Waals surface area contributed by atoms with Crippen LogP contribution >= 0.6 is 0 Å². The van der Waals surface area contributed by atoms with Gasteiger partial charge in [0.2, 0.25) is 0 Å². The number of hydrogen-bond acceptors (Lipinski definition) is 4. The molecule has 32 heavy (non-hydrogen) atoms. The number of benzene rings is 3. The number of hydrogen-bond donors (Lipinski definition) is 1. The maximum atomic E-state index is 9.66. The van der Waals surface area contributed by atoms with Gasteiger partial charge in [-0.05, 0) is 74.0 Å². The molecule has 0 saturated carbocycles. The molecule has 0 radical (unpaired) electrons. The predicted molar refractivity (Wildman–Crippen MR) is 128 cm³/mol. The van der Waals surface area contributed by atoms with Gasteiger partial charge in [-0.25, -0.2) is 0 Å². The Hall–Kier alpha value is -3.24. The summed E-state index contributed by atoms with van der Waals surface area (Å²) in [6.07, 6.45) is 4.74. The molecule has 2 heterocycles. The Morgan fingerprint density at radius 3 is 2.38 bits per heavy atom. The third kappa shape index (κ3) is 4.66. The summed E-state index contributed by atoms with van der Waals surface area (Å²) < 4.78 is 12.2. The number of rotatable bonds is 7. The van der Waals surface area contributed by atoms with Gasteiger partial charge in [0.25, 0.3) is 0 Å². The van der Waals surface area contributed by atoms with Crippen LogP contribution in [0.15, 0.2) is 77.2 Å². The van der Waals surface area contributed by atoms with Crippen LogP contribution in [0.1, 0.15) is 30.4 Å². The first kappa shape index (κ1) is 20.7. The van der Waals surface area contributed by atoms with E-state index in [-0.39, 0.29) is 5.75 Å². The van der Waals surface area contributed by atoms with Crippen LogP contribution in [-0.2, 0) is 6.42 Å². The fourth-order valence-electron chi connectivity index (χ4n) is 4.50. The van der Waals surface area contributed by atoms with Crippen LogP contribution in [0.4, 0.5) is 0 Å². The fourth-order valence-corrected chi connectivity index (χ4v) is 4.50. The highest BCUT2D eigenvalue weighted by molar-refractivity contribution is 5.88. The van der Waals surface area contributed by atoms with Crippen molar-refractivity contribution in [2.45, 2.75) is 25.7 Å². The number of ether oxygens (including phenoxy) is 1.